The van der Waals surface area contributed by atoms with Crippen molar-refractivity contribution in [3.05, 3.63) is 76.4 Å². The normalized spacial score (nSPS) is 11.7. The van der Waals surface area contributed by atoms with Gasteiger partial charge in [0.05, 0.1) is 17.7 Å². The number of fused-ring (bicyclic) bond motifs is 1. The van der Waals surface area contributed by atoms with Gasteiger partial charge in [-0.3, -0.25) is 4.79 Å². The third kappa shape index (κ3) is 4.33. The first-order chi connectivity index (χ1) is 14.6. The number of sulfone groups is 1. The number of ether oxygens (including phenoxy) is 1. The first kappa shape index (κ1) is 20.7. The predicted octanol–water partition coefficient (Wildman–Crippen LogP) is 3.81. The number of aryl methyl sites for hydroxylation is 1. The summed E-state index contributed by atoms with van der Waals surface area (Å²) in [6, 6.07) is 7.30. The van der Waals surface area contributed by atoms with Crippen molar-refractivity contribution in [1.82, 2.24) is 9.55 Å². The molecular weight excluding hydrogens is 430 g/mol. The molecule has 0 amide bonds. The fraction of sp³-hybridized carbons (Fsp3) is 0.143. The molecule has 7 nitrogen and oxygen atoms in total. The Bertz CT molecular complexity index is 1480. The fourth-order valence-corrected chi connectivity index (χ4v) is 3.95. The highest BCUT2D eigenvalue weighted by Crippen LogP contribution is 2.31. The van der Waals surface area contributed by atoms with Gasteiger partial charge >= 0.3 is 0 Å². The summed E-state index contributed by atoms with van der Waals surface area (Å²) in [4.78, 5) is 16.6. The van der Waals surface area contributed by atoms with Crippen molar-refractivity contribution < 1.29 is 26.4 Å². The van der Waals surface area contributed by atoms with Crippen LogP contribution in [0.25, 0.3) is 22.2 Å². The van der Waals surface area contributed by atoms with Crippen molar-refractivity contribution in [2.45, 2.75) is 5.75 Å². The number of pyridine rings is 2. The van der Waals surface area contributed by atoms with Crippen molar-refractivity contribution in [2.75, 3.05) is 6.26 Å². The molecule has 0 fully saturated rings. The summed E-state index contributed by atoms with van der Waals surface area (Å²) < 4.78 is 63.0. The zero-order valence-corrected chi connectivity index (χ0v) is 17.2. The number of halogens is 2. The van der Waals surface area contributed by atoms with Crippen molar-refractivity contribution in [3.63, 3.8) is 0 Å². The maximum Gasteiger partial charge on any atom is 0.293 e. The largest absolute Gasteiger partial charge is 0.458 e. The molecule has 0 N–H and O–H groups in total. The lowest BCUT2D eigenvalue weighted by Crippen LogP contribution is -2.15. The van der Waals surface area contributed by atoms with E-state index in [1.807, 2.05) is 0 Å². The fourth-order valence-electron chi connectivity index (χ4n) is 3.18. The zero-order valence-electron chi connectivity index (χ0n) is 16.4. The molecule has 1 aromatic carbocycles. The van der Waals surface area contributed by atoms with Gasteiger partial charge in [-0.25, -0.2) is 22.2 Å². The number of aromatic nitrogens is 2. The quantitative estimate of drug-likeness (QED) is 0.463. The van der Waals surface area contributed by atoms with Gasteiger partial charge in [-0.1, -0.05) is 0 Å². The highest BCUT2D eigenvalue weighted by atomic mass is 32.2. The summed E-state index contributed by atoms with van der Waals surface area (Å²) >= 11 is 0. The minimum absolute atomic E-state index is 0.0906. The van der Waals surface area contributed by atoms with Gasteiger partial charge in [-0.05, 0) is 29.8 Å². The second kappa shape index (κ2) is 7.62. The van der Waals surface area contributed by atoms with Crippen LogP contribution in [0, 0.1) is 11.6 Å². The van der Waals surface area contributed by atoms with E-state index in [-0.39, 0.29) is 28.5 Å². The lowest BCUT2D eigenvalue weighted by Gasteiger charge is -2.12. The third-order valence-corrected chi connectivity index (χ3v) is 5.33. The molecule has 0 spiro atoms. The van der Waals surface area contributed by atoms with E-state index in [1.54, 1.807) is 19.2 Å². The Hall–Kier alpha value is -3.53. The lowest BCUT2D eigenvalue weighted by molar-refractivity contribution is 0.424. The zero-order chi connectivity index (χ0) is 22.3. The molecule has 0 radical (unpaired) electrons. The van der Waals surface area contributed by atoms with Gasteiger partial charge in [0.25, 0.3) is 5.56 Å². The van der Waals surface area contributed by atoms with Crippen molar-refractivity contribution in [3.8, 4) is 22.9 Å². The minimum Gasteiger partial charge on any atom is -0.458 e. The van der Waals surface area contributed by atoms with Crippen LogP contribution in [0.4, 0.5) is 8.78 Å². The molecule has 0 saturated carbocycles. The smallest absolute Gasteiger partial charge is 0.293 e. The van der Waals surface area contributed by atoms with Crippen molar-refractivity contribution in [2.24, 2.45) is 7.05 Å². The molecule has 0 bridgehead atoms. The molecule has 0 saturated heterocycles. The van der Waals surface area contributed by atoms with Crippen LogP contribution in [-0.2, 0) is 22.6 Å². The maximum absolute atomic E-state index is 14.1. The van der Waals surface area contributed by atoms with Gasteiger partial charge in [-0.2, -0.15) is 0 Å². The Morgan fingerprint density at radius 1 is 1.16 bits per heavy atom. The van der Waals surface area contributed by atoms with Crippen LogP contribution < -0.4 is 10.3 Å². The average Bonchev–Trinajstić information content (AvgIpc) is 3.15. The second-order valence-electron chi connectivity index (χ2n) is 7.07. The standard InChI is InChI=1S/C21H16F2N2O5S/c1-25-10-15(14-5-6-29-20(14)21(25)26)17-7-12(11-31(2,27)28)8-19(24-17)30-18-4-3-13(22)9-16(18)23/h3-10H,11H2,1-2H3. The molecule has 31 heavy (non-hydrogen) atoms. The van der Waals surface area contributed by atoms with Crippen LogP contribution >= 0.6 is 0 Å². The van der Waals surface area contributed by atoms with Crippen LogP contribution in [0.1, 0.15) is 5.56 Å². The van der Waals surface area contributed by atoms with Crippen LogP contribution in [-0.4, -0.2) is 24.2 Å². The Morgan fingerprint density at radius 3 is 2.65 bits per heavy atom. The van der Waals surface area contributed by atoms with E-state index in [1.165, 1.54) is 23.1 Å². The molecule has 4 aromatic rings. The van der Waals surface area contributed by atoms with Gasteiger partial charge in [0.15, 0.2) is 27.0 Å². The highest BCUT2D eigenvalue weighted by molar-refractivity contribution is 7.89. The first-order valence-electron chi connectivity index (χ1n) is 8.99. The van der Waals surface area contributed by atoms with Crippen LogP contribution in [0.2, 0.25) is 0 Å². The highest BCUT2D eigenvalue weighted by Gasteiger charge is 2.17. The van der Waals surface area contributed by atoms with E-state index in [9.17, 15) is 22.0 Å². The molecule has 160 valence electrons. The number of nitrogens with zero attached hydrogens (tertiary/aromatic N) is 2. The SMILES string of the molecule is Cn1cc(-c2cc(CS(C)(=O)=O)cc(Oc3ccc(F)cc3F)n2)c2ccoc2c1=O. The molecule has 4 rings (SSSR count). The Kier molecular flexibility index (Phi) is 5.10. The maximum atomic E-state index is 14.1. The van der Waals surface area contributed by atoms with E-state index in [2.05, 4.69) is 4.98 Å². The average molecular weight is 446 g/mol. The summed E-state index contributed by atoms with van der Waals surface area (Å²) in [6.45, 7) is 0. The molecule has 0 aliphatic carbocycles. The predicted molar refractivity (Wildman–Crippen MR) is 110 cm³/mol. The van der Waals surface area contributed by atoms with Gasteiger partial charge in [0, 0.05) is 42.6 Å². The molecular formula is C21H16F2N2O5S. The van der Waals surface area contributed by atoms with Crippen LogP contribution in [0.3, 0.4) is 0 Å². The molecule has 10 heteroatoms. The summed E-state index contributed by atoms with van der Waals surface area (Å²) in [5.41, 5.74) is 0.894. The number of rotatable bonds is 5. The monoisotopic (exact) mass is 446 g/mol. The number of furan rings is 1. The first-order valence-corrected chi connectivity index (χ1v) is 11.1. The molecule has 0 unspecified atom stereocenters. The Balaban J connectivity index is 1.89. The van der Waals surface area contributed by atoms with Gasteiger partial charge < -0.3 is 13.7 Å². The summed E-state index contributed by atoms with van der Waals surface area (Å²) in [7, 11) is -1.87. The molecule has 0 aliphatic rings. The molecule has 0 atom stereocenters. The van der Waals surface area contributed by atoms with E-state index < -0.39 is 21.5 Å². The lowest BCUT2D eigenvalue weighted by atomic mass is 10.1. The summed E-state index contributed by atoms with van der Waals surface area (Å²) in [6.07, 6.45) is 3.98. The number of hydrogen-bond acceptors (Lipinski definition) is 6. The van der Waals surface area contributed by atoms with E-state index in [0.29, 0.717) is 28.3 Å². The number of benzene rings is 1. The molecule has 0 aliphatic heterocycles. The topological polar surface area (TPSA) is 91.4 Å². The molecule has 3 aromatic heterocycles. The van der Waals surface area contributed by atoms with Gasteiger partial charge in [0.1, 0.15) is 5.82 Å². The van der Waals surface area contributed by atoms with Gasteiger partial charge in [-0.15, -0.1) is 0 Å². The number of hydrogen-bond donors (Lipinski definition) is 0. The van der Waals surface area contributed by atoms with Crippen molar-refractivity contribution in [1.29, 1.82) is 0 Å². The Morgan fingerprint density at radius 2 is 1.94 bits per heavy atom. The van der Waals surface area contributed by atoms with Crippen LogP contribution in [0.15, 0.2) is 58.1 Å². The van der Waals surface area contributed by atoms with Crippen LogP contribution in [0.5, 0.6) is 11.6 Å². The van der Waals surface area contributed by atoms with E-state index >= 15 is 0 Å². The Labute approximate surface area is 175 Å². The van der Waals surface area contributed by atoms with E-state index in [4.69, 9.17) is 9.15 Å². The minimum atomic E-state index is -3.41. The third-order valence-electron chi connectivity index (χ3n) is 4.47. The second-order valence-corrected chi connectivity index (χ2v) is 9.21. The van der Waals surface area contributed by atoms with Gasteiger partial charge in [0.2, 0.25) is 5.88 Å². The van der Waals surface area contributed by atoms with Crippen molar-refractivity contribution >= 4 is 20.8 Å². The summed E-state index contributed by atoms with van der Waals surface area (Å²) in [5.74, 6) is -2.38. The summed E-state index contributed by atoms with van der Waals surface area (Å²) in [5, 5.41) is 0.478. The van der Waals surface area contributed by atoms with E-state index in [0.717, 1.165) is 18.4 Å². The molecule has 3 heterocycles.